The standard InChI is InChI=1S/C28H44N2O4/c1-22(19-26(31)29-24-17-13-8-6-4-3-5-7-9-14-18-24)20-27(32)30-25(28(33)34-2)21-23-15-11-10-12-16-23/h10-12,15-16,22,24-25H,3-9,13-14,17-21H2,1-2H3,(H,29,31)(H,30,32)/t22-,25+/m1/s1. The van der Waals surface area contributed by atoms with Crippen molar-refractivity contribution in [2.45, 2.75) is 109 Å². The van der Waals surface area contributed by atoms with Gasteiger partial charge in [0.15, 0.2) is 0 Å². The van der Waals surface area contributed by atoms with Gasteiger partial charge in [0, 0.05) is 25.3 Å². The fraction of sp³-hybridized carbons (Fsp3) is 0.679. The summed E-state index contributed by atoms with van der Waals surface area (Å²) in [5.74, 6) is -0.796. The van der Waals surface area contributed by atoms with E-state index < -0.39 is 12.0 Å². The van der Waals surface area contributed by atoms with Crippen LogP contribution in [0.1, 0.15) is 96.0 Å². The van der Waals surface area contributed by atoms with Gasteiger partial charge in [0.25, 0.3) is 0 Å². The van der Waals surface area contributed by atoms with E-state index in [1.165, 1.54) is 64.9 Å². The molecule has 0 aromatic heterocycles. The predicted octanol–water partition coefficient (Wildman–Crippen LogP) is 5.09. The number of benzene rings is 1. The maximum atomic E-state index is 12.7. The Morgan fingerprint density at radius 3 is 1.94 bits per heavy atom. The van der Waals surface area contributed by atoms with Crippen LogP contribution in [0.2, 0.25) is 0 Å². The lowest BCUT2D eigenvalue weighted by atomic mass is 9.97. The highest BCUT2D eigenvalue weighted by Gasteiger charge is 2.23. The first-order valence-electron chi connectivity index (χ1n) is 13.2. The van der Waals surface area contributed by atoms with Gasteiger partial charge in [0.1, 0.15) is 6.04 Å². The second-order valence-corrected chi connectivity index (χ2v) is 9.87. The molecular weight excluding hydrogens is 428 g/mol. The van der Waals surface area contributed by atoms with E-state index in [4.69, 9.17) is 4.74 Å². The molecule has 34 heavy (non-hydrogen) atoms. The summed E-state index contributed by atoms with van der Waals surface area (Å²) in [4.78, 5) is 37.5. The zero-order valence-electron chi connectivity index (χ0n) is 21.2. The molecule has 2 rings (SSSR count). The van der Waals surface area contributed by atoms with Gasteiger partial charge in [-0.2, -0.15) is 0 Å². The van der Waals surface area contributed by atoms with Gasteiger partial charge in [-0.3, -0.25) is 9.59 Å². The summed E-state index contributed by atoms with van der Waals surface area (Å²) in [5.41, 5.74) is 0.947. The molecule has 1 aromatic carbocycles. The van der Waals surface area contributed by atoms with Gasteiger partial charge < -0.3 is 15.4 Å². The highest BCUT2D eigenvalue weighted by Crippen LogP contribution is 2.18. The van der Waals surface area contributed by atoms with Crippen LogP contribution in [-0.4, -0.2) is 37.0 Å². The van der Waals surface area contributed by atoms with Crippen LogP contribution in [0.4, 0.5) is 0 Å². The molecule has 2 amide bonds. The Labute approximate surface area is 205 Å². The van der Waals surface area contributed by atoms with Gasteiger partial charge >= 0.3 is 5.97 Å². The molecule has 0 heterocycles. The SMILES string of the molecule is COC(=O)[C@H](Cc1ccccc1)NC(=O)C[C@H](C)CC(=O)NC1CCCCCCCCCCC1. The first-order chi connectivity index (χ1) is 16.5. The van der Waals surface area contributed by atoms with Crippen LogP contribution in [-0.2, 0) is 25.5 Å². The summed E-state index contributed by atoms with van der Waals surface area (Å²) in [6, 6.07) is 9.03. The van der Waals surface area contributed by atoms with Gasteiger partial charge in [-0.1, -0.05) is 95.0 Å². The molecule has 2 N–H and O–H groups in total. The minimum Gasteiger partial charge on any atom is -0.467 e. The summed E-state index contributed by atoms with van der Waals surface area (Å²) in [7, 11) is 1.32. The fourth-order valence-corrected chi connectivity index (χ4v) is 4.74. The van der Waals surface area contributed by atoms with Crippen molar-refractivity contribution in [3.05, 3.63) is 35.9 Å². The van der Waals surface area contributed by atoms with Gasteiger partial charge in [-0.15, -0.1) is 0 Å². The topological polar surface area (TPSA) is 84.5 Å². The summed E-state index contributed by atoms with van der Waals surface area (Å²) in [6.45, 7) is 1.91. The smallest absolute Gasteiger partial charge is 0.328 e. The Bertz CT molecular complexity index is 725. The zero-order valence-corrected chi connectivity index (χ0v) is 21.2. The monoisotopic (exact) mass is 472 g/mol. The number of esters is 1. The molecule has 1 aliphatic carbocycles. The molecule has 0 unspecified atom stereocenters. The van der Waals surface area contributed by atoms with E-state index in [2.05, 4.69) is 10.6 Å². The van der Waals surface area contributed by atoms with E-state index in [0.717, 1.165) is 18.4 Å². The summed E-state index contributed by atoms with van der Waals surface area (Å²) < 4.78 is 4.87. The van der Waals surface area contributed by atoms with E-state index in [1.54, 1.807) is 0 Å². The summed E-state index contributed by atoms with van der Waals surface area (Å²) in [6.07, 6.45) is 14.4. The predicted molar refractivity (Wildman–Crippen MR) is 135 cm³/mol. The molecule has 6 heteroatoms. The Hall–Kier alpha value is -2.37. The fourth-order valence-electron chi connectivity index (χ4n) is 4.74. The Kier molecular flexibility index (Phi) is 13.4. The molecule has 1 fully saturated rings. The van der Waals surface area contributed by atoms with Crippen molar-refractivity contribution in [1.29, 1.82) is 0 Å². The second-order valence-electron chi connectivity index (χ2n) is 9.87. The van der Waals surface area contributed by atoms with Crippen molar-refractivity contribution < 1.29 is 19.1 Å². The number of carbonyl (C=O) groups is 3. The van der Waals surface area contributed by atoms with Crippen LogP contribution in [0.15, 0.2) is 30.3 Å². The second kappa shape index (κ2) is 16.3. The average Bonchev–Trinajstić information content (AvgIpc) is 2.80. The third-order valence-electron chi connectivity index (χ3n) is 6.64. The maximum absolute atomic E-state index is 12.7. The third-order valence-corrected chi connectivity index (χ3v) is 6.64. The van der Waals surface area contributed by atoms with E-state index in [9.17, 15) is 14.4 Å². The van der Waals surface area contributed by atoms with Crippen molar-refractivity contribution in [1.82, 2.24) is 10.6 Å². The zero-order chi connectivity index (χ0) is 24.6. The van der Waals surface area contributed by atoms with Crippen molar-refractivity contribution in [3.63, 3.8) is 0 Å². The van der Waals surface area contributed by atoms with E-state index in [-0.39, 0.29) is 30.2 Å². The van der Waals surface area contributed by atoms with Crippen molar-refractivity contribution in [2.75, 3.05) is 7.11 Å². The lowest BCUT2D eigenvalue weighted by Crippen LogP contribution is -2.43. The number of ether oxygens (including phenoxy) is 1. The van der Waals surface area contributed by atoms with Crippen LogP contribution in [0.25, 0.3) is 0 Å². The van der Waals surface area contributed by atoms with E-state index >= 15 is 0 Å². The molecule has 1 aliphatic rings. The molecule has 1 aromatic rings. The van der Waals surface area contributed by atoms with E-state index in [1.807, 2.05) is 37.3 Å². The molecule has 0 radical (unpaired) electrons. The largest absolute Gasteiger partial charge is 0.467 e. The lowest BCUT2D eigenvalue weighted by molar-refractivity contribution is -0.145. The molecule has 0 spiro atoms. The average molecular weight is 473 g/mol. The number of amides is 2. The Morgan fingerprint density at radius 2 is 1.38 bits per heavy atom. The van der Waals surface area contributed by atoms with Crippen LogP contribution in [0, 0.1) is 5.92 Å². The normalized spacial score (nSPS) is 17.9. The molecular formula is C28H44N2O4. The third kappa shape index (κ3) is 11.7. The van der Waals surface area contributed by atoms with Gasteiger partial charge in [0.2, 0.25) is 11.8 Å². The van der Waals surface area contributed by atoms with Crippen molar-refractivity contribution >= 4 is 17.8 Å². The molecule has 0 saturated heterocycles. The van der Waals surface area contributed by atoms with Crippen molar-refractivity contribution in [2.24, 2.45) is 5.92 Å². The number of rotatable bonds is 9. The molecule has 1 saturated carbocycles. The first-order valence-corrected chi connectivity index (χ1v) is 13.2. The van der Waals surface area contributed by atoms with Gasteiger partial charge in [0.05, 0.1) is 7.11 Å². The molecule has 0 bridgehead atoms. The number of carbonyl (C=O) groups excluding carboxylic acids is 3. The summed E-state index contributed by atoms with van der Waals surface area (Å²) >= 11 is 0. The highest BCUT2D eigenvalue weighted by atomic mass is 16.5. The molecule has 2 atom stereocenters. The molecule has 6 nitrogen and oxygen atoms in total. The number of methoxy groups -OCH3 is 1. The highest BCUT2D eigenvalue weighted by molar-refractivity contribution is 5.85. The van der Waals surface area contributed by atoms with Crippen LogP contribution < -0.4 is 10.6 Å². The van der Waals surface area contributed by atoms with Crippen LogP contribution in [0.3, 0.4) is 0 Å². The minimum atomic E-state index is -0.739. The van der Waals surface area contributed by atoms with Crippen LogP contribution >= 0.6 is 0 Å². The molecule has 190 valence electrons. The number of nitrogens with one attached hydrogen (secondary N) is 2. The quantitative estimate of drug-likeness (QED) is 0.490. The molecule has 0 aliphatic heterocycles. The Balaban J connectivity index is 1.79. The number of hydrogen-bond donors (Lipinski definition) is 2. The van der Waals surface area contributed by atoms with Crippen LogP contribution in [0.5, 0.6) is 0 Å². The number of hydrogen-bond acceptors (Lipinski definition) is 4. The van der Waals surface area contributed by atoms with Crippen molar-refractivity contribution in [3.8, 4) is 0 Å². The van der Waals surface area contributed by atoms with Gasteiger partial charge in [-0.05, 0) is 24.3 Å². The summed E-state index contributed by atoms with van der Waals surface area (Å²) in [5, 5.41) is 6.03. The Morgan fingerprint density at radius 1 is 0.853 bits per heavy atom. The van der Waals surface area contributed by atoms with Gasteiger partial charge in [-0.25, -0.2) is 4.79 Å². The van der Waals surface area contributed by atoms with E-state index in [0.29, 0.717) is 12.8 Å². The minimum absolute atomic E-state index is 0.0196. The first kappa shape index (κ1) is 27.9. The maximum Gasteiger partial charge on any atom is 0.328 e. The lowest BCUT2D eigenvalue weighted by Gasteiger charge is -2.21.